The Hall–Kier alpha value is -1.92. The smallest absolute Gasteiger partial charge is 0.253 e. The van der Waals surface area contributed by atoms with E-state index in [2.05, 4.69) is 15.4 Å². The Labute approximate surface area is 120 Å². The molecule has 104 valence electrons. The van der Waals surface area contributed by atoms with Crippen LogP contribution in [0, 0.1) is 0 Å². The molecule has 20 heavy (non-hydrogen) atoms. The van der Waals surface area contributed by atoms with Gasteiger partial charge in [0.1, 0.15) is 18.8 Å². The molecule has 0 saturated carbocycles. The van der Waals surface area contributed by atoms with Gasteiger partial charge in [-0.3, -0.25) is 4.79 Å². The number of aromatic nitrogens is 3. The molecule has 1 saturated heterocycles. The van der Waals surface area contributed by atoms with E-state index < -0.39 is 6.10 Å². The third-order valence-electron chi connectivity index (χ3n) is 3.10. The minimum Gasteiger partial charge on any atom is -0.368 e. The molecule has 2 heterocycles. The number of carbonyl (C=O) groups excluding carboxylic acids is 1. The average Bonchev–Trinajstić information content (AvgIpc) is 3.12. The van der Waals surface area contributed by atoms with Crippen LogP contribution in [0.5, 0.6) is 0 Å². The minimum absolute atomic E-state index is 0.161. The molecule has 1 aromatic carbocycles. The third kappa shape index (κ3) is 2.66. The normalized spacial score (nSPS) is 18.1. The van der Waals surface area contributed by atoms with E-state index in [0.717, 1.165) is 12.8 Å². The van der Waals surface area contributed by atoms with Crippen LogP contribution >= 0.6 is 11.6 Å². The summed E-state index contributed by atoms with van der Waals surface area (Å²) in [5.41, 5.74) is 1.29. The van der Waals surface area contributed by atoms with Crippen molar-refractivity contribution >= 4 is 23.2 Å². The number of nitrogens with one attached hydrogen (secondary N) is 1. The van der Waals surface area contributed by atoms with Crippen LogP contribution in [0.15, 0.2) is 30.9 Å². The Balaban J connectivity index is 1.87. The van der Waals surface area contributed by atoms with E-state index >= 15 is 0 Å². The molecule has 1 unspecified atom stereocenters. The number of ether oxygens (including phenoxy) is 1. The zero-order valence-electron chi connectivity index (χ0n) is 10.6. The molecular weight excluding hydrogens is 280 g/mol. The van der Waals surface area contributed by atoms with Crippen molar-refractivity contribution in [1.29, 1.82) is 0 Å². The van der Waals surface area contributed by atoms with Crippen LogP contribution in [0.1, 0.15) is 12.8 Å². The summed E-state index contributed by atoms with van der Waals surface area (Å²) in [6.45, 7) is 0.629. The number of amides is 1. The van der Waals surface area contributed by atoms with Gasteiger partial charge in [-0.05, 0) is 31.0 Å². The molecule has 6 nitrogen and oxygen atoms in total. The first kappa shape index (κ1) is 13.1. The lowest BCUT2D eigenvalue weighted by Crippen LogP contribution is -2.27. The van der Waals surface area contributed by atoms with Gasteiger partial charge in [0.05, 0.1) is 11.4 Å². The molecule has 1 aliphatic rings. The standard InChI is InChI=1S/C13H13ClN4O2/c14-9-3-4-11(18-8-15-7-16-18)10(6-9)17-13(19)12-2-1-5-20-12/h3-4,6-8,12H,1-2,5H2,(H,17,19). The number of hydrogen-bond donors (Lipinski definition) is 1. The SMILES string of the molecule is O=C(Nc1cc(Cl)ccc1-n1cncn1)C1CCCO1. The second-order valence-corrected chi connectivity index (χ2v) is 4.93. The lowest BCUT2D eigenvalue weighted by Gasteiger charge is -2.14. The van der Waals surface area contributed by atoms with Gasteiger partial charge in [0.25, 0.3) is 5.91 Å². The predicted octanol–water partition coefficient (Wildman–Crippen LogP) is 2.04. The highest BCUT2D eigenvalue weighted by Crippen LogP contribution is 2.25. The fourth-order valence-corrected chi connectivity index (χ4v) is 2.31. The maximum atomic E-state index is 12.1. The summed E-state index contributed by atoms with van der Waals surface area (Å²) < 4.78 is 6.94. The number of nitrogens with zero attached hydrogens (tertiary/aromatic N) is 3. The molecule has 3 rings (SSSR count). The van der Waals surface area contributed by atoms with Gasteiger partial charge in [-0.1, -0.05) is 11.6 Å². The molecule has 0 bridgehead atoms. The summed E-state index contributed by atoms with van der Waals surface area (Å²) in [4.78, 5) is 16.0. The minimum atomic E-state index is -0.391. The fourth-order valence-electron chi connectivity index (χ4n) is 2.14. The summed E-state index contributed by atoms with van der Waals surface area (Å²) in [6.07, 6.45) is 4.25. The fraction of sp³-hybridized carbons (Fsp3) is 0.308. The first-order valence-electron chi connectivity index (χ1n) is 6.31. The molecule has 0 spiro atoms. The highest BCUT2D eigenvalue weighted by Gasteiger charge is 2.24. The Morgan fingerprint density at radius 2 is 2.40 bits per heavy atom. The molecule has 1 aromatic heterocycles. The maximum absolute atomic E-state index is 12.1. The molecular formula is C13H13ClN4O2. The number of hydrogen-bond acceptors (Lipinski definition) is 4. The summed E-state index contributed by atoms with van der Waals surface area (Å²) >= 11 is 5.99. The number of carbonyl (C=O) groups is 1. The van der Waals surface area contributed by atoms with Crippen molar-refractivity contribution in [2.24, 2.45) is 0 Å². The number of benzene rings is 1. The molecule has 1 N–H and O–H groups in total. The zero-order chi connectivity index (χ0) is 13.9. The summed E-state index contributed by atoms with van der Waals surface area (Å²) in [5, 5.41) is 7.44. The molecule has 2 aromatic rings. The van der Waals surface area contributed by atoms with Crippen LogP contribution in [0.3, 0.4) is 0 Å². The van der Waals surface area contributed by atoms with Crippen molar-refractivity contribution in [3.63, 3.8) is 0 Å². The molecule has 1 fully saturated rings. The topological polar surface area (TPSA) is 69.0 Å². The van der Waals surface area contributed by atoms with Gasteiger partial charge in [-0.15, -0.1) is 0 Å². The quantitative estimate of drug-likeness (QED) is 0.940. The zero-order valence-corrected chi connectivity index (χ0v) is 11.4. The van der Waals surface area contributed by atoms with Crippen molar-refractivity contribution in [3.05, 3.63) is 35.9 Å². The van der Waals surface area contributed by atoms with E-state index in [4.69, 9.17) is 16.3 Å². The van der Waals surface area contributed by atoms with Crippen LogP contribution in [0.4, 0.5) is 5.69 Å². The van der Waals surface area contributed by atoms with Gasteiger partial charge in [0.2, 0.25) is 0 Å². The van der Waals surface area contributed by atoms with Gasteiger partial charge in [0.15, 0.2) is 0 Å². The first-order chi connectivity index (χ1) is 9.74. The second kappa shape index (κ2) is 5.60. The monoisotopic (exact) mass is 292 g/mol. The van der Waals surface area contributed by atoms with Crippen molar-refractivity contribution in [3.8, 4) is 5.69 Å². The Bertz CT molecular complexity index is 609. The van der Waals surface area contributed by atoms with E-state index in [0.29, 0.717) is 23.0 Å². The van der Waals surface area contributed by atoms with Crippen molar-refractivity contribution in [1.82, 2.24) is 14.8 Å². The predicted molar refractivity (Wildman–Crippen MR) is 74.0 cm³/mol. The van der Waals surface area contributed by atoms with Gasteiger partial charge in [-0.25, -0.2) is 9.67 Å². The van der Waals surface area contributed by atoms with Crippen LogP contribution in [-0.2, 0) is 9.53 Å². The molecule has 1 amide bonds. The molecule has 1 aliphatic heterocycles. The molecule has 0 aliphatic carbocycles. The maximum Gasteiger partial charge on any atom is 0.253 e. The largest absolute Gasteiger partial charge is 0.368 e. The summed E-state index contributed by atoms with van der Waals surface area (Å²) in [7, 11) is 0. The van der Waals surface area contributed by atoms with E-state index in [1.54, 1.807) is 29.2 Å². The van der Waals surface area contributed by atoms with Crippen molar-refractivity contribution in [2.45, 2.75) is 18.9 Å². The molecule has 1 atom stereocenters. The lowest BCUT2D eigenvalue weighted by molar-refractivity contribution is -0.124. The Morgan fingerprint density at radius 3 is 3.10 bits per heavy atom. The van der Waals surface area contributed by atoms with Crippen LogP contribution in [-0.4, -0.2) is 33.4 Å². The highest BCUT2D eigenvalue weighted by molar-refractivity contribution is 6.31. The van der Waals surface area contributed by atoms with E-state index in [1.165, 1.54) is 6.33 Å². The van der Waals surface area contributed by atoms with E-state index in [-0.39, 0.29) is 5.91 Å². The van der Waals surface area contributed by atoms with Crippen molar-refractivity contribution in [2.75, 3.05) is 11.9 Å². The van der Waals surface area contributed by atoms with Crippen molar-refractivity contribution < 1.29 is 9.53 Å². The highest BCUT2D eigenvalue weighted by atomic mass is 35.5. The van der Waals surface area contributed by atoms with E-state index in [1.807, 2.05) is 0 Å². The first-order valence-corrected chi connectivity index (χ1v) is 6.69. The average molecular weight is 293 g/mol. The van der Waals surface area contributed by atoms with Gasteiger partial charge in [0, 0.05) is 11.6 Å². The van der Waals surface area contributed by atoms with Gasteiger partial charge in [-0.2, -0.15) is 5.10 Å². The van der Waals surface area contributed by atoms with Gasteiger partial charge >= 0.3 is 0 Å². The Morgan fingerprint density at radius 1 is 1.50 bits per heavy atom. The number of halogens is 1. The summed E-state index contributed by atoms with van der Waals surface area (Å²) in [6, 6.07) is 5.20. The second-order valence-electron chi connectivity index (χ2n) is 4.49. The van der Waals surface area contributed by atoms with Crippen LogP contribution in [0.2, 0.25) is 5.02 Å². The van der Waals surface area contributed by atoms with Crippen LogP contribution < -0.4 is 5.32 Å². The molecule has 0 radical (unpaired) electrons. The summed E-state index contributed by atoms with van der Waals surface area (Å²) in [5.74, 6) is -0.161. The van der Waals surface area contributed by atoms with Crippen LogP contribution in [0.25, 0.3) is 5.69 Å². The number of rotatable bonds is 3. The third-order valence-corrected chi connectivity index (χ3v) is 3.34. The van der Waals surface area contributed by atoms with E-state index in [9.17, 15) is 4.79 Å². The lowest BCUT2D eigenvalue weighted by atomic mass is 10.2. The molecule has 7 heteroatoms. The van der Waals surface area contributed by atoms with Gasteiger partial charge < -0.3 is 10.1 Å². The Kier molecular flexibility index (Phi) is 3.66. The number of anilines is 1.